The third-order valence-corrected chi connectivity index (χ3v) is 8.85. The summed E-state index contributed by atoms with van der Waals surface area (Å²) in [7, 11) is -2.88. The van der Waals surface area contributed by atoms with Crippen LogP contribution in [0.4, 0.5) is 0 Å². The largest absolute Gasteiger partial charge is 0.351 e. The highest BCUT2D eigenvalue weighted by molar-refractivity contribution is 8.25. The fourth-order valence-corrected chi connectivity index (χ4v) is 7.71. The zero-order valence-corrected chi connectivity index (χ0v) is 18.1. The van der Waals surface area contributed by atoms with E-state index in [2.05, 4.69) is 10.2 Å². The van der Waals surface area contributed by atoms with Gasteiger partial charge in [0.05, 0.1) is 15.9 Å². The van der Waals surface area contributed by atoms with E-state index in [1.165, 1.54) is 19.3 Å². The molecule has 0 aromatic heterocycles. The molecule has 3 N–H and O–H groups in total. The number of carbonyl (C=O) groups is 1. The van der Waals surface area contributed by atoms with Crippen LogP contribution >= 0.6 is 22.4 Å². The van der Waals surface area contributed by atoms with Crippen LogP contribution in [-0.4, -0.2) is 51.8 Å². The van der Waals surface area contributed by atoms with Crippen LogP contribution < -0.4 is 5.32 Å². The van der Waals surface area contributed by atoms with E-state index in [1.54, 1.807) is 30.0 Å². The SMILES string of the molecule is O=C(NCCN1CCCCC1)c1cccc2c1C(Sc1ccccc1)CS2(O)O. The molecule has 29 heavy (non-hydrogen) atoms. The van der Waals surface area contributed by atoms with Crippen molar-refractivity contribution in [2.75, 3.05) is 31.9 Å². The lowest BCUT2D eigenvalue weighted by Crippen LogP contribution is -2.37. The van der Waals surface area contributed by atoms with Gasteiger partial charge in [0.15, 0.2) is 0 Å². The highest BCUT2D eigenvalue weighted by atomic mass is 32.3. The molecule has 2 aromatic carbocycles. The smallest absolute Gasteiger partial charge is 0.251 e. The number of benzene rings is 2. The molecule has 1 unspecified atom stereocenters. The predicted molar refractivity (Wildman–Crippen MR) is 120 cm³/mol. The van der Waals surface area contributed by atoms with E-state index < -0.39 is 10.6 Å². The van der Waals surface area contributed by atoms with Crippen LogP contribution in [0.15, 0.2) is 58.3 Å². The Hall–Kier alpha value is -1.51. The minimum absolute atomic E-state index is 0.130. The molecule has 2 aliphatic heterocycles. The quantitative estimate of drug-likeness (QED) is 0.608. The average Bonchev–Trinajstić information content (AvgIpc) is 2.99. The van der Waals surface area contributed by atoms with Crippen LogP contribution in [0.1, 0.15) is 40.4 Å². The molecule has 0 bridgehead atoms. The summed E-state index contributed by atoms with van der Waals surface area (Å²) in [5.41, 5.74) is 1.34. The van der Waals surface area contributed by atoms with Gasteiger partial charge in [0.2, 0.25) is 0 Å². The van der Waals surface area contributed by atoms with E-state index in [-0.39, 0.29) is 16.9 Å². The summed E-state index contributed by atoms with van der Waals surface area (Å²) in [5, 5.41) is 2.89. The standard InChI is InChI=1S/C22H28N2O3S2/c25-22(23-12-15-24-13-5-2-6-14-24)18-10-7-11-20-21(18)19(16-29(20,26)27)28-17-8-3-1-4-9-17/h1,3-4,7-11,19,26-27H,2,5-6,12-16H2,(H,23,25). The molecule has 0 saturated carbocycles. The van der Waals surface area contributed by atoms with Gasteiger partial charge in [0.1, 0.15) is 0 Å². The van der Waals surface area contributed by atoms with Crippen LogP contribution in [0.2, 0.25) is 0 Å². The van der Waals surface area contributed by atoms with Crippen LogP contribution in [0, 0.1) is 0 Å². The second-order valence-electron chi connectivity index (χ2n) is 7.63. The topological polar surface area (TPSA) is 72.8 Å². The molecule has 7 heteroatoms. The van der Waals surface area contributed by atoms with Crippen molar-refractivity contribution >= 4 is 28.3 Å². The van der Waals surface area contributed by atoms with Crippen LogP contribution in [-0.2, 0) is 0 Å². The van der Waals surface area contributed by atoms with E-state index in [0.717, 1.165) is 30.1 Å². The van der Waals surface area contributed by atoms with Gasteiger partial charge in [-0.2, -0.15) is 10.6 Å². The molecule has 0 spiro atoms. The van der Waals surface area contributed by atoms with Gasteiger partial charge >= 0.3 is 0 Å². The van der Waals surface area contributed by atoms with Crippen molar-refractivity contribution < 1.29 is 13.9 Å². The van der Waals surface area contributed by atoms with Crippen molar-refractivity contribution in [3.63, 3.8) is 0 Å². The lowest BCUT2D eigenvalue weighted by atomic mass is 10.0. The summed E-state index contributed by atoms with van der Waals surface area (Å²) >= 11 is 1.59. The molecule has 0 aliphatic carbocycles. The van der Waals surface area contributed by atoms with E-state index in [9.17, 15) is 13.9 Å². The summed E-state index contributed by atoms with van der Waals surface area (Å²) in [6.07, 6.45) is 3.76. The molecule has 5 nitrogen and oxygen atoms in total. The second kappa shape index (κ2) is 9.10. The van der Waals surface area contributed by atoms with Gasteiger partial charge in [0, 0.05) is 29.1 Å². The number of hydrogen-bond donors (Lipinski definition) is 3. The molecule has 0 radical (unpaired) electrons. The summed E-state index contributed by atoms with van der Waals surface area (Å²) in [4.78, 5) is 16.9. The maximum atomic E-state index is 13.0. The fourth-order valence-electron chi connectivity index (χ4n) is 4.11. The molecular weight excluding hydrogens is 404 g/mol. The van der Waals surface area contributed by atoms with Crippen molar-refractivity contribution in [3.05, 3.63) is 59.7 Å². The average molecular weight is 433 g/mol. The molecule has 1 fully saturated rings. The molecule has 2 heterocycles. The van der Waals surface area contributed by atoms with Gasteiger partial charge in [-0.1, -0.05) is 30.7 Å². The van der Waals surface area contributed by atoms with E-state index in [4.69, 9.17) is 0 Å². The van der Waals surface area contributed by atoms with Crippen molar-refractivity contribution in [2.24, 2.45) is 0 Å². The molecule has 1 amide bonds. The van der Waals surface area contributed by atoms with Crippen molar-refractivity contribution in [1.82, 2.24) is 10.2 Å². The summed E-state index contributed by atoms with van der Waals surface area (Å²) in [6, 6.07) is 15.2. The van der Waals surface area contributed by atoms with E-state index in [0.29, 0.717) is 17.0 Å². The van der Waals surface area contributed by atoms with Gasteiger partial charge in [-0.05, 0) is 50.2 Å². The number of likely N-dealkylation sites (tertiary alicyclic amines) is 1. The molecule has 156 valence electrons. The second-order valence-corrected chi connectivity index (χ2v) is 11.0. The number of thioether (sulfide) groups is 1. The lowest BCUT2D eigenvalue weighted by molar-refractivity contribution is 0.0945. The van der Waals surface area contributed by atoms with Gasteiger partial charge in [0.25, 0.3) is 5.91 Å². The Labute approximate surface area is 178 Å². The number of rotatable bonds is 6. The maximum Gasteiger partial charge on any atom is 0.251 e. The molecule has 2 aliphatic rings. The summed E-state index contributed by atoms with van der Waals surface area (Å²) in [6.45, 7) is 3.67. The maximum absolute atomic E-state index is 13.0. The minimum atomic E-state index is -2.88. The zero-order chi connectivity index (χ0) is 20.3. The third kappa shape index (κ3) is 4.81. The first kappa shape index (κ1) is 20.8. The number of amides is 1. The first-order valence-corrected chi connectivity index (χ1v) is 12.8. The molecule has 4 rings (SSSR count). The number of nitrogens with zero attached hydrogens (tertiary/aromatic N) is 1. The van der Waals surface area contributed by atoms with Gasteiger partial charge in [-0.3, -0.25) is 13.9 Å². The number of hydrogen-bond acceptors (Lipinski definition) is 5. The Morgan fingerprint density at radius 3 is 2.59 bits per heavy atom. The highest BCUT2D eigenvalue weighted by Crippen LogP contribution is 2.63. The Balaban J connectivity index is 1.50. The monoisotopic (exact) mass is 432 g/mol. The zero-order valence-electron chi connectivity index (χ0n) is 16.4. The van der Waals surface area contributed by atoms with Crippen LogP contribution in [0.3, 0.4) is 0 Å². The number of nitrogens with one attached hydrogen (secondary N) is 1. The summed E-state index contributed by atoms with van der Waals surface area (Å²) < 4.78 is 21.3. The minimum Gasteiger partial charge on any atom is -0.351 e. The first-order chi connectivity index (χ1) is 14.0. The van der Waals surface area contributed by atoms with Crippen molar-refractivity contribution in [1.29, 1.82) is 0 Å². The van der Waals surface area contributed by atoms with E-state index in [1.807, 2.05) is 30.3 Å². The van der Waals surface area contributed by atoms with Gasteiger partial charge in [-0.25, -0.2) is 0 Å². The van der Waals surface area contributed by atoms with Gasteiger partial charge < -0.3 is 10.2 Å². The van der Waals surface area contributed by atoms with Crippen LogP contribution in [0.5, 0.6) is 0 Å². The predicted octanol–water partition coefficient (Wildman–Crippen LogP) is 4.86. The highest BCUT2D eigenvalue weighted by Gasteiger charge is 2.38. The number of carbonyl (C=O) groups excluding carboxylic acids is 1. The molecule has 2 aromatic rings. The fraction of sp³-hybridized carbons (Fsp3) is 0.409. The Kier molecular flexibility index (Phi) is 6.51. The molecule has 1 atom stereocenters. The van der Waals surface area contributed by atoms with Crippen molar-refractivity contribution in [2.45, 2.75) is 34.3 Å². The van der Waals surface area contributed by atoms with E-state index >= 15 is 0 Å². The normalized spacial score (nSPS) is 22.1. The molecule has 1 saturated heterocycles. The van der Waals surface area contributed by atoms with Gasteiger partial charge in [-0.15, -0.1) is 11.8 Å². The van der Waals surface area contributed by atoms with Crippen LogP contribution in [0.25, 0.3) is 0 Å². The Morgan fingerprint density at radius 2 is 1.83 bits per heavy atom. The molecular formula is C22H28N2O3S2. The lowest BCUT2D eigenvalue weighted by Gasteiger charge is -2.27. The third-order valence-electron chi connectivity index (χ3n) is 5.55. The summed E-state index contributed by atoms with van der Waals surface area (Å²) in [5.74, 6) is 0.120. The first-order valence-electron chi connectivity index (χ1n) is 10.2. The number of piperidine rings is 1. The Morgan fingerprint density at radius 1 is 1.07 bits per heavy atom. The number of fused-ring (bicyclic) bond motifs is 1. The Bertz CT molecular complexity index is 854. The van der Waals surface area contributed by atoms with Crippen molar-refractivity contribution in [3.8, 4) is 0 Å².